The van der Waals surface area contributed by atoms with Crippen molar-refractivity contribution in [3.05, 3.63) is 45.1 Å². The number of nitrogen functional groups attached to an aromatic ring is 1. The van der Waals surface area contributed by atoms with Crippen molar-refractivity contribution in [1.82, 2.24) is 9.55 Å². The summed E-state index contributed by atoms with van der Waals surface area (Å²) >= 11 is 0. The van der Waals surface area contributed by atoms with Gasteiger partial charge in [-0.1, -0.05) is 45.2 Å². The number of carbonyl (C=O) groups excluding carboxylic acids is 1. The Labute approximate surface area is 188 Å². The van der Waals surface area contributed by atoms with Gasteiger partial charge in [0.1, 0.15) is 5.82 Å². The molecule has 1 aromatic heterocycles. The van der Waals surface area contributed by atoms with E-state index in [0.717, 1.165) is 25.7 Å². The monoisotopic (exact) mass is 446 g/mol. The predicted octanol–water partition coefficient (Wildman–Crippen LogP) is 2.92. The third-order valence-corrected chi connectivity index (χ3v) is 5.01. The highest BCUT2D eigenvalue weighted by molar-refractivity contribution is 5.96. The van der Waals surface area contributed by atoms with Crippen molar-refractivity contribution >= 4 is 17.4 Å². The first-order chi connectivity index (χ1) is 15.4. The number of rotatable bonds is 13. The lowest BCUT2D eigenvalue weighted by Gasteiger charge is -2.25. The molecule has 1 heterocycles. The van der Waals surface area contributed by atoms with Gasteiger partial charge in [0.15, 0.2) is 23.8 Å². The van der Waals surface area contributed by atoms with Gasteiger partial charge in [0.25, 0.3) is 11.5 Å². The number of nitrogens with zero attached hydrogens (tertiary/aromatic N) is 2. The van der Waals surface area contributed by atoms with Gasteiger partial charge in [-0.2, -0.15) is 0 Å². The average molecular weight is 447 g/mol. The molecule has 0 aliphatic rings. The minimum Gasteiger partial charge on any atom is -0.490 e. The number of nitrogens with one attached hydrogen (secondary N) is 1. The molecular formula is C23H34N4O5. The van der Waals surface area contributed by atoms with E-state index < -0.39 is 17.2 Å². The van der Waals surface area contributed by atoms with Crippen LogP contribution >= 0.6 is 0 Å². The molecule has 0 aliphatic carbocycles. The number of aromatic nitrogens is 2. The SMILES string of the molecule is CCCCCN(C(=O)COc1ccccc1OCC)c1c(N)n(CCCC)c(=O)[nH]c1=O. The van der Waals surface area contributed by atoms with E-state index in [1.54, 1.807) is 18.2 Å². The Balaban J connectivity index is 2.35. The summed E-state index contributed by atoms with van der Waals surface area (Å²) in [6.07, 6.45) is 4.08. The van der Waals surface area contributed by atoms with E-state index in [1.165, 1.54) is 9.47 Å². The Morgan fingerprint density at radius 1 is 1.03 bits per heavy atom. The highest BCUT2D eigenvalue weighted by Gasteiger charge is 2.24. The van der Waals surface area contributed by atoms with Crippen LogP contribution in [0.25, 0.3) is 0 Å². The second-order valence-electron chi connectivity index (χ2n) is 7.42. The first-order valence-electron chi connectivity index (χ1n) is 11.2. The van der Waals surface area contributed by atoms with Crippen LogP contribution in [0.3, 0.4) is 0 Å². The zero-order valence-corrected chi connectivity index (χ0v) is 19.2. The molecule has 9 heteroatoms. The van der Waals surface area contributed by atoms with Gasteiger partial charge in [-0.25, -0.2) is 4.79 Å². The molecule has 3 N–H and O–H groups in total. The minimum atomic E-state index is -0.681. The zero-order chi connectivity index (χ0) is 23.5. The molecule has 0 saturated carbocycles. The van der Waals surface area contributed by atoms with Gasteiger partial charge in [0.2, 0.25) is 0 Å². The summed E-state index contributed by atoms with van der Waals surface area (Å²) in [5.41, 5.74) is 4.96. The third-order valence-electron chi connectivity index (χ3n) is 5.01. The first-order valence-corrected chi connectivity index (χ1v) is 11.2. The number of amides is 1. The number of ether oxygens (including phenoxy) is 2. The summed E-state index contributed by atoms with van der Waals surface area (Å²) in [4.78, 5) is 41.7. The maximum atomic E-state index is 13.2. The fraction of sp³-hybridized carbons (Fsp3) is 0.522. The van der Waals surface area contributed by atoms with E-state index in [2.05, 4.69) is 4.98 Å². The highest BCUT2D eigenvalue weighted by Crippen LogP contribution is 2.26. The van der Waals surface area contributed by atoms with Crippen LogP contribution in [0.4, 0.5) is 11.5 Å². The van der Waals surface area contributed by atoms with E-state index in [0.29, 0.717) is 37.6 Å². The lowest BCUT2D eigenvalue weighted by atomic mass is 10.2. The lowest BCUT2D eigenvalue weighted by Crippen LogP contribution is -2.43. The van der Waals surface area contributed by atoms with Crippen molar-refractivity contribution in [2.75, 3.05) is 30.4 Å². The van der Waals surface area contributed by atoms with Gasteiger partial charge < -0.3 is 20.1 Å². The van der Waals surface area contributed by atoms with E-state index in [9.17, 15) is 14.4 Å². The van der Waals surface area contributed by atoms with Crippen LogP contribution < -0.4 is 31.4 Å². The van der Waals surface area contributed by atoms with Crippen LogP contribution in [-0.4, -0.2) is 35.2 Å². The molecule has 0 fully saturated rings. The molecule has 0 saturated heterocycles. The minimum absolute atomic E-state index is 0.00763. The number of unbranched alkanes of at least 4 members (excludes halogenated alkanes) is 3. The van der Waals surface area contributed by atoms with Gasteiger partial charge in [-0.05, 0) is 31.9 Å². The molecule has 1 aromatic carbocycles. The number of anilines is 2. The maximum absolute atomic E-state index is 13.2. The molecule has 0 atom stereocenters. The number of para-hydroxylation sites is 2. The summed E-state index contributed by atoms with van der Waals surface area (Å²) < 4.78 is 12.6. The van der Waals surface area contributed by atoms with Crippen LogP contribution in [-0.2, 0) is 11.3 Å². The molecule has 2 aromatic rings. The Hall–Kier alpha value is -3.23. The van der Waals surface area contributed by atoms with Gasteiger partial charge in [0.05, 0.1) is 6.61 Å². The van der Waals surface area contributed by atoms with Crippen LogP contribution in [0, 0.1) is 0 Å². The van der Waals surface area contributed by atoms with E-state index in [1.807, 2.05) is 26.8 Å². The van der Waals surface area contributed by atoms with Crippen molar-refractivity contribution in [2.45, 2.75) is 59.4 Å². The highest BCUT2D eigenvalue weighted by atomic mass is 16.5. The lowest BCUT2D eigenvalue weighted by molar-refractivity contribution is -0.120. The molecule has 0 aliphatic heterocycles. The zero-order valence-electron chi connectivity index (χ0n) is 19.2. The average Bonchev–Trinajstić information content (AvgIpc) is 2.77. The largest absolute Gasteiger partial charge is 0.490 e. The number of nitrogens with two attached hydrogens (primary N) is 1. The number of hydrogen-bond donors (Lipinski definition) is 2. The van der Waals surface area contributed by atoms with Crippen LogP contribution in [0.1, 0.15) is 52.9 Å². The molecule has 0 unspecified atom stereocenters. The van der Waals surface area contributed by atoms with Crippen molar-refractivity contribution < 1.29 is 14.3 Å². The number of hydrogen-bond acceptors (Lipinski definition) is 6. The topological polar surface area (TPSA) is 120 Å². The van der Waals surface area contributed by atoms with E-state index >= 15 is 0 Å². The maximum Gasteiger partial charge on any atom is 0.330 e. The Morgan fingerprint density at radius 3 is 2.31 bits per heavy atom. The molecule has 2 rings (SSSR count). The van der Waals surface area contributed by atoms with Crippen LogP contribution in [0.15, 0.2) is 33.9 Å². The second-order valence-corrected chi connectivity index (χ2v) is 7.42. The number of H-pyrrole nitrogens is 1. The van der Waals surface area contributed by atoms with Gasteiger partial charge in [-0.15, -0.1) is 0 Å². The van der Waals surface area contributed by atoms with E-state index in [-0.39, 0.29) is 18.1 Å². The van der Waals surface area contributed by atoms with Crippen molar-refractivity contribution in [3.63, 3.8) is 0 Å². The molecule has 0 radical (unpaired) electrons. The fourth-order valence-corrected chi connectivity index (χ4v) is 3.32. The predicted molar refractivity (Wildman–Crippen MR) is 126 cm³/mol. The van der Waals surface area contributed by atoms with Crippen molar-refractivity contribution in [2.24, 2.45) is 0 Å². The molecule has 1 amide bonds. The summed E-state index contributed by atoms with van der Waals surface area (Å²) in [6.45, 7) is 6.71. The summed E-state index contributed by atoms with van der Waals surface area (Å²) in [6, 6.07) is 7.07. The number of carbonyl (C=O) groups is 1. The molecule has 9 nitrogen and oxygen atoms in total. The fourth-order valence-electron chi connectivity index (χ4n) is 3.32. The summed E-state index contributed by atoms with van der Waals surface area (Å²) in [5, 5.41) is 0. The molecule has 0 spiro atoms. The first kappa shape index (κ1) is 25.0. The summed E-state index contributed by atoms with van der Waals surface area (Å²) in [5.74, 6) is 0.536. The van der Waals surface area contributed by atoms with Gasteiger partial charge in [-0.3, -0.25) is 19.1 Å². The van der Waals surface area contributed by atoms with Crippen molar-refractivity contribution in [3.8, 4) is 11.5 Å². The summed E-state index contributed by atoms with van der Waals surface area (Å²) in [7, 11) is 0. The van der Waals surface area contributed by atoms with Crippen LogP contribution in [0.2, 0.25) is 0 Å². The Kier molecular flexibility index (Phi) is 9.84. The smallest absolute Gasteiger partial charge is 0.330 e. The normalized spacial score (nSPS) is 10.7. The van der Waals surface area contributed by atoms with Crippen molar-refractivity contribution in [1.29, 1.82) is 0 Å². The van der Waals surface area contributed by atoms with Crippen LogP contribution in [0.5, 0.6) is 11.5 Å². The molecule has 0 bridgehead atoms. The number of benzene rings is 1. The second kappa shape index (κ2) is 12.6. The molecule has 176 valence electrons. The standard InChI is InChI=1S/C23H34N4O5/c1-4-7-11-15-26(19(28)16-32-18-13-10-9-12-17(18)31-6-3)20-21(24)27(14-8-5-2)23(30)25-22(20)29/h9-10,12-13H,4-8,11,14-16,24H2,1-3H3,(H,25,29,30). The quantitative estimate of drug-likeness (QED) is 0.457. The Morgan fingerprint density at radius 2 is 1.69 bits per heavy atom. The molecular weight excluding hydrogens is 412 g/mol. The number of aromatic amines is 1. The van der Waals surface area contributed by atoms with Gasteiger partial charge in [0, 0.05) is 13.1 Å². The third kappa shape index (κ3) is 6.38. The Bertz CT molecular complexity index is 999. The van der Waals surface area contributed by atoms with Gasteiger partial charge >= 0.3 is 5.69 Å². The molecule has 32 heavy (non-hydrogen) atoms. The van der Waals surface area contributed by atoms with E-state index in [4.69, 9.17) is 15.2 Å².